The molecule has 0 atom stereocenters. The van der Waals surface area contributed by atoms with Crippen LogP contribution in [0.25, 0.3) is 0 Å². The molecule has 6 heteroatoms. The largest absolute Gasteiger partial charge is 0.383 e. The van der Waals surface area contributed by atoms with Crippen LogP contribution in [0.4, 0.5) is 5.69 Å². The van der Waals surface area contributed by atoms with E-state index in [-0.39, 0.29) is 11.9 Å². The lowest BCUT2D eigenvalue weighted by molar-refractivity contribution is 0.0590. The van der Waals surface area contributed by atoms with Crippen LogP contribution in [0.5, 0.6) is 0 Å². The van der Waals surface area contributed by atoms with Gasteiger partial charge in [0.05, 0.1) is 17.9 Å². The Hall–Kier alpha value is -1.66. The fraction of sp³-hybridized carbons (Fsp3) is 0.571. The maximum Gasteiger partial charge on any atom is 0.257 e. The lowest BCUT2D eigenvalue weighted by atomic mass is 10.1. The molecule has 1 aromatic heterocycles. The highest BCUT2D eigenvalue weighted by atomic mass is 16.5. The highest BCUT2D eigenvalue weighted by Crippen LogP contribution is 2.18. The van der Waals surface area contributed by atoms with Crippen LogP contribution in [0.15, 0.2) is 18.5 Å². The number of nitrogens with one attached hydrogen (secondary N) is 1. The lowest BCUT2D eigenvalue weighted by Crippen LogP contribution is -2.42. The second-order valence-electron chi connectivity index (χ2n) is 4.53. The molecule has 1 heterocycles. The van der Waals surface area contributed by atoms with Gasteiger partial charge in [0.15, 0.2) is 0 Å². The fourth-order valence-corrected chi connectivity index (χ4v) is 2.21. The highest BCUT2D eigenvalue weighted by Gasteiger charge is 2.24. The normalized spacial score (nSPS) is 10.7. The van der Waals surface area contributed by atoms with Crippen LogP contribution in [-0.2, 0) is 4.74 Å². The molecule has 6 nitrogen and oxygen atoms in total. The molecule has 0 saturated heterocycles. The number of rotatable bonds is 8. The number of hydrazine groups is 1. The maximum atomic E-state index is 12.7. The molecule has 0 aromatic carbocycles. The molecule has 112 valence electrons. The van der Waals surface area contributed by atoms with Crippen molar-refractivity contribution in [1.29, 1.82) is 0 Å². The van der Waals surface area contributed by atoms with Crippen LogP contribution in [0.3, 0.4) is 0 Å². The number of carbonyl (C=O) groups excluding carboxylic acids is 1. The number of ether oxygens (including phenoxy) is 1. The summed E-state index contributed by atoms with van der Waals surface area (Å²) < 4.78 is 5.10. The van der Waals surface area contributed by atoms with Crippen molar-refractivity contribution in [2.75, 3.05) is 25.7 Å². The van der Waals surface area contributed by atoms with Gasteiger partial charge in [-0.05, 0) is 18.9 Å². The zero-order chi connectivity index (χ0) is 15.0. The summed E-state index contributed by atoms with van der Waals surface area (Å²) in [5.74, 6) is 5.38. The number of nitrogen functional groups attached to an aromatic ring is 1. The molecule has 0 saturated carbocycles. The fourth-order valence-electron chi connectivity index (χ4n) is 2.21. The van der Waals surface area contributed by atoms with Crippen LogP contribution >= 0.6 is 0 Å². The first-order valence-electron chi connectivity index (χ1n) is 6.90. The summed E-state index contributed by atoms with van der Waals surface area (Å²) in [6.45, 7) is 5.22. The van der Waals surface area contributed by atoms with Crippen LogP contribution in [0.1, 0.15) is 37.0 Å². The average molecular weight is 280 g/mol. The van der Waals surface area contributed by atoms with E-state index >= 15 is 0 Å². The summed E-state index contributed by atoms with van der Waals surface area (Å²) in [6, 6.07) is 1.87. The van der Waals surface area contributed by atoms with Crippen molar-refractivity contribution in [3.63, 3.8) is 0 Å². The Morgan fingerprint density at radius 2 is 2.20 bits per heavy atom. The van der Waals surface area contributed by atoms with Crippen LogP contribution < -0.4 is 11.3 Å². The van der Waals surface area contributed by atoms with E-state index in [1.54, 1.807) is 25.6 Å². The first kappa shape index (κ1) is 16.4. The van der Waals surface area contributed by atoms with Gasteiger partial charge in [-0.3, -0.25) is 15.6 Å². The minimum atomic E-state index is -0.0724. The van der Waals surface area contributed by atoms with Crippen LogP contribution in [0.2, 0.25) is 0 Å². The van der Waals surface area contributed by atoms with Gasteiger partial charge in [-0.1, -0.05) is 13.8 Å². The standard InChI is InChI=1S/C14H24N4O2/c1-4-11(5-2)18(8-9-20-3)14(19)12-10-16-7-6-13(12)17-15/h6-7,10-11H,4-5,8-9,15H2,1-3H3,(H,16,17). The van der Waals surface area contributed by atoms with Crippen molar-refractivity contribution in [3.05, 3.63) is 24.0 Å². The minimum Gasteiger partial charge on any atom is -0.383 e. The van der Waals surface area contributed by atoms with E-state index in [0.717, 1.165) is 12.8 Å². The Labute approximate surface area is 120 Å². The highest BCUT2D eigenvalue weighted by molar-refractivity contribution is 5.99. The second-order valence-corrected chi connectivity index (χ2v) is 4.53. The zero-order valence-electron chi connectivity index (χ0n) is 12.4. The predicted octanol–water partition coefficient (Wildman–Crippen LogP) is 1.64. The topological polar surface area (TPSA) is 80.5 Å². The molecule has 0 aliphatic heterocycles. The van der Waals surface area contributed by atoms with E-state index < -0.39 is 0 Å². The predicted molar refractivity (Wildman–Crippen MR) is 79.3 cm³/mol. The Bertz CT molecular complexity index is 421. The monoisotopic (exact) mass is 280 g/mol. The van der Waals surface area contributed by atoms with Gasteiger partial charge in [0, 0.05) is 32.1 Å². The first-order valence-corrected chi connectivity index (χ1v) is 6.90. The van der Waals surface area contributed by atoms with Crippen molar-refractivity contribution >= 4 is 11.6 Å². The molecule has 0 aliphatic carbocycles. The summed E-state index contributed by atoms with van der Waals surface area (Å²) in [4.78, 5) is 18.6. The Balaban J connectivity index is 3.02. The number of nitrogens with zero attached hydrogens (tertiary/aromatic N) is 2. The van der Waals surface area contributed by atoms with Gasteiger partial charge in [-0.2, -0.15) is 0 Å². The van der Waals surface area contributed by atoms with E-state index in [2.05, 4.69) is 24.3 Å². The summed E-state index contributed by atoms with van der Waals surface area (Å²) in [6.07, 6.45) is 4.94. The smallest absolute Gasteiger partial charge is 0.257 e. The molecule has 1 rings (SSSR count). The van der Waals surface area contributed by atoms with E-state index in [0.29, 0.717) is 24.4 Å². The molecular formula is C14H24N4O2. The van der Waals surface area contributed by atoms with E-state index in [4.69, 9.17) is 10.6 Å². The van der Waals surface area contributed by atoms with Gasteiger partial charge in [0.1, 0.15) is 0 Å². The molecule has 0 spiro atoms. The molecule has 0 unspecified atom stereocenters. The molecule has 0 fully saturated rings. The molecule has 3 N–H and O–H groups in total. The van der Waals surface area contributed by atoms with Gasteiger partial charge in [-0.15, -0.1) is 0 Å². The number of aromatic nitrogens is 1. The number of hydrogen-bond acceptors (Lipinski definition) is 5. The third-order valence-electron chi connectivity index (χ3n) is 3.39. The number of pyridine rings is 1. The minimum absolute atomic E-state index is 0.0724. The van der Waals surface area contributed by atoms with Crippen molar-refractivity contribution in [1.82, 2.24) is 9.88 Å². The van der Waals surface area contributed by atoms with Gasteiger partial charge in [0.25, 0.3) is 5.91 Å². The van der Waals surface area contributed by atoms with Crippen molar-refractivity contribution < 1.29 is 9.53 Å². The van der Waals surface area contributed by atoms with Gasteiger partial charge >= 0.3 is 0 Å². The summed E-state index contributed by atoms with van der Waals surface area (Å²) in [5.41, 5.74) is 3.61. The number of anilines is 1. The third-order valence-corrected chi connectivity index (χ3v) is 3.39. The Morgan fingerprint density at radius 3 is 2.75 bits per heavy atom. The number of amides is 1. The lowest BCUT2D eigenvalue weighted by Gasteiger charge is -2.30. The molecule has 0 bridgehead atoms. The molecular weight excluding hydrogens is 256 g/mol. The number of hydrogen-bond donors (Lipinski definition) is 2. The van der Waals surface area contributed by atoms with Gasteiger partial charge < -0.3 is 15.1 Å². The van der Waals surface area contributed by atoms with Crippen molar-refractivity contribution in [2.45, 2.75) is 32.7 Å². The molecule has 0 radical (unpaired) electrons. The van der Waals surface area contributed by atoms with Crippen LogP contribution in [-0.4, -0.2) is 42.1 Å². The second kappa shape index (κ2) is 8.50. The van der Waals surface area contributed by atoms with Gasteiger partial charge in [-0.25, -0.2) is 0 Å². The molecule has 20 heavy (non-hydrogen) atoms. The third kappa shape index (κ3) is 3.91. The SMILES string of the molecule is CCC(CC)N(CCOC)C(=O)c1cnccc1NN. The average Bonchev–Trinajstić information content (AvgIpc) is 2.50. The van der Waals surface area contributed by atoms with Crippen molar-refractivity contribution in [3.8, 4) is 0 Å². The van der Waals surface area contributed by atoms with E-state index in [1.165, 1.54) is 0 Å². The van der Waals surface area contributed by atoms with Crippen molar-refractivity contribution in [2.24, 2.45) is 5.84 Å². The quantitative estimate of drug-likeness (QED) is 0.559. The summed E-state index contributed by atoms with van der Waals surface area (Å²) in [7, 11) is 1.63. The molecule has 0 aliphatic rings. The Kier molecular flexibility index (Phi) is 6.97. The van der Waals surface area contributed by atoms with Crippen LogP contribution in [0, 0.1) is 0 Å². The van der Waals surface area contributed by atoms with Gasteiger partial charge in [0.2, 0.25) is 0 Å². The molecule has 1 aromatic rings. The zero-order valence-corrected chi connectivity index (χ0v) is 12.4. The Morgan fingerprint density at radius 1 is 1.50 bits per heavy atom. The number of nitrogens with two attached hydrogens (primary N) is 1. The van der Waals surface area contributed by atoms with E-state index in [1.807, 2.05) is 4.90 Å². The molecule has 1 amide bonds. The number of carbonyl (C=O) groups is 1. The maximum absolute atomic E-state index is 12.7. The first-order chi connectivity index (χ1) is 9.69. The number of methoxy groups -OCH3 is 1. The summed E-state index contributed by atoms with van der Waals surface area (Å²) >= 11 is 0. The van der Waals surface area contributed by atoms with E-state index in [9.17, 15) is 4.79 Å². The summed E-state index contributed by atoms with van der Waals surface area (Å²) in [5, 5.41) is 0.